The van der Waals surface area contributed by atoms with Gasteiger partial charge in [0.25, 0.3) is 0 Å². The van der Waals surface area contributed by atoms with Gasteiger partial charge in [-0.2, -0.15) is 0 Å². The highest BCUT2D eigenvalue weighted by atomic mass is 19.3. The van der Waals surface area contributed by atoms with E-state index in [1.165, 1.54) is 0 Å². The molecule has 0 N–H and O–H groups in total. The van der Waals surface area contributed by atoms with E-state index in [1.54, 1.807) is 6.92 Å². The van der Waals surface area contributed by atoms with Gasteiger partial charge >= 0.3 is 5.97 Å². The third-order valence-corrected chi connectivity index (χ3v) is 2.03. The fourth-order valence-corrected chi connectivity index (χ4v) is 1.29. The number of ether oxygens (including phenoxy) is 2. The van der Waals surface area contributed by atoms with Crippen molar-refractivity contribution in [2.24, 2.45) is 5.92 Å². The summed E-state index contributed by atoms with van der Waals surface area (Å²) in [5.41, 5.74) is 0. The predicted octanol–water partition coefficient (Wildman–Crippen LogP) is 1.61. The van der Waals surface area contributed by atoms with Crippen molar-refractivity contribution in [3.8, 4) is 0 Å². The minimum atomic E-state index is -2.47. The Hall–Kier alpha value is -0.710. The van der Waals surface area contributed by atoms with Crippen LogP contribution in [0.25, 0.3) is 0 Å². The van der Waals surface area contributed by atoms with Crippen LogP contribution in [0.15, 0.2) is 0 Å². The van der Waals surface area contributed by atoms with E-state index in [9.17, 15) is 13.6 Å². The van der Waals surface area contributed by atoms with E-state index < -0.39 is 24.7 Å². The molecule has 1 aliphatic rings. The van der Waals surface area contributed by atoms with Gasteiger partial charge in [0.15, 0.2) is 0 Å². The number of epoxide rings is 1. The van der Waals surface area contributed by atoms with Crippen LogP contribution < -0.4 is 0 Å². The van der Waals surface area contributed by atoms with Crippen molar-refractivity contribution in [3.05, 3.63) is 0 Å². The van der Waals surface area contributed by atoms with Gasteiger partial charge < -0.3 is 9.47 Å². The molecule has 2 unspecified atom stereocenters. The molecule has 14 heavy (non-hydrogen) atoms. The second kappa shape index (κ2) is 5.24. The molecular weight excluding hydrogens is 194 g/mol. The van der Waals surface area contributed by atoms with Gasteiger partial charge in [-0.15, -0.1) is 0 Å². The van der Waals surface area contributed by atoms with E-state index >= 15 is 0 Å². The summed E-state index contributed by atoms with van der Waals surface area (Å²) in [6.07, 6.45) is -2.58. The van der Waals surface area contributed by atoms with Crippen LogP contribution in [0.5, 0.6) is 0 Å². The minimum absolute atomic E-state index is 0.0249. The molecule has 1 aliphatic heterocycles. The van der Waals surface area contributed by atoms with Crippen LogP contribution >= 0.6 is 0 Å². The van der Waals surface area contributed by atoms with Crippen molar-refractivity contribution in [2.45, 2.75) is 32.3 Å². The third kappa shape index (κ3) is 4.00. The Kier molecular flexibility index (Phi) is 4.25. The van der Waals surface area contributed by atoms with E-state index in [1.807, 2.05) is 0 Å². The minimum Gasteiger partial charge on any atom is -0.466 e. The molecular formula is C9H14F2O3. The topological polar surface area (TPSA) is 38.8 Å². The molecule has 1 heterocycles. The highest BCUT2D eigenvalue weighted by molar-refractivity contribution is 5.72. The fraction of sp³-hybridized carbons (Fsp3) is 0.889. The van der Waals surface area contributed by atoms with Crippen molar-refractivity contribution in [3.63, 3.8) is 0 Å². The molecule has 0 bridgehead atoms. The molecule has 0 aromatic heterocycles. The summed E-state index contributed by atoms with van der Waals surface area (Å²) in [4.78, 5) is 11.2. The number of hydrogen-bond donors (Lipinski definition) is 0. The van der Waals surface area contributed by atoms with E-state index in [0.717, 1.165) is 0 Å². The second-order valence-electron chi connectivity index (χ2n) is 3.27. The normalized spacial score (nSPS) is 22.1. The van der Waals surface area contributed by atoms with Crippen molar-refractivity contribution in [1.82, 2.24) is 0 Å². The summed E-state index contributed by atoms with van der Waals surface area (Å²) >= 11 is 0. The lowest BCUT2D eigenvalue weighted by molar-refractivity contribution is -0.150. The van der Waals surface area contributed by atoms with E-state index in [2.05, 4.69) is 0 Å². The molecule has 82 valence electrons. The van der Waals surface area contributed by atoms with Crippen LogP contribution in [0.3, 0.4) is 0 Å². The van der Waals surface area contributed by atoms with Crippen LogP contribution in [0.4, 0.5) is 8.78 Å². The van der Waals surface area contributed by atoms with Gasteiger partial charge in [0.1, 0.15) is 0 Å². The molecule has 0 amide bonds. The van der Waals surface area contributed by atoms with Gasteiger partial charge in [-0.3, -0.25) is 4.79 Å². The zero-order chi connectivity index (χ0) is 10.6. The fourth-order valence-electron chi connectivity index (χ4n) is 1.29. The van der Waals surface area contributed by atoms with Crippen molar-refractivity contribution < 1.29 is 23.0 Å². The summed E-state index contributed by atoms with van der Waals surface area (Å²) in [7, 11) is 0. The molecule has 1 saturated heterocycles. The summed E-state index contributed by atoms with van der Waals surface area (Å²) in [6, 6.07) is 0. The van der Waals surface area contributed by atoms with Crippen molar-refractivity contribution in [1.29, 1.82) is 0 Å². The third-order valence-electron chi connectivity index (χ3n) is 2.03. The summed E-state index contributed by atoms with van der Waals surface area (Å²) in [5, 5.41) is 0. The number of halogens is 2. The first-order valence-corrected chi connectivity index (χ1v) is 4.69. The molecule has 3 nitrogen and oxygen atoms in total. The highest BCUT2D eigenvalue weighted by Gasteiger charge is 2.32. The van der Waals surface area contributed by atoms with Crippen LogP contribution in [0.1, 0.15) is 19.8 Å². The molecule has 0 aromatic rings. The Bertz CT molecular complexity index is 188. The Labute approximate surface area is 81.4 Å². The standard InChI is InChI=1S/C9H14F2O3/c1-2-13-9(12)6(4-8(10)11)3-7-5-14-7/h6-8H,2-5H2,1H3. The molecule has 2 atom stereocenters. The zero-order valence-electron chi connectivity index (χ0n) is 8.04. The quantitative estimate of drug-likeness (QED) is 0.491. The molecule has 0 aromatic carbocycles. The van der Waals surface area contributed by atoms with Crippen molar-refractivity contribution in [2.75, 3.05) is 13.2 Å². The van der Waals surface area contributed by atoms with Gasteiger partial charge in [0.05, 0.1) is 25.2 Å². The van der Waals surface area contributed by atoms with Gasteiger partial charge in [0, 0.05) is 6.42 Å². The highest BCUT2D eigenvalue weighted by Crippen LogP contribution is 2.25. The maximum absolute atomic E-state index is 12.1. The number of carbonyl (C=O) groups excluding carboxylic acids is 1. The number of carbonyl (C=O) groups is 1. The largest absolute Gasteiger partial charge is 0.466 e. The molecule has 0 spiro atoms. The number of esters is 1. The molecule has 1 fully saturated rings. The second-order valence-corrected chi connectivity index (χ2v) is 3.27. The van der Waals surface area contributed by atoms with E-state index in [-0.39, 0.29) is 12.7 Å². The Balaban J connectivity index is 2.37. The van der Waals surface area contributed by atoms with Gasteiger partial charge in [0.2, 0.25) is 6.43 Å². The maximum Gasteiger partial charge on any atom is 0.309 e. The number of alkyl halides is 2. The zero-order valence-corrected chi connectivity index (χ0v) is 8.04. The molecule has 5 heteroatoms. The SMILES string of the molecule is CCOC(=O)C(CC(F)F)CC1CO1. The van der Waals surface area contributed by atoms with Gasteiger partial charge in [-0.1, -0.05) is 0 Å². The lowest BCUT2D eigenvalue weighted by Crippen LogP contribution is -2.22. The summed E-state index contributed by atoms with van der Waals surface area (Å²) in [5.74, 6) is -1.26. The van der Waals surface area contributed by atoms with Crippen LogP contribution in [-0.4, -0.2) is 31.7 Å². The van der Waals surface area contributed by atoms with Crippen LogP contribution in [0.2, 0.25) is 0 Å². The molecule has 0 saturated carbocycles. The average Bonchev–Trinajstić information content (AvgIpc) is 2.86. The summed E-state index contributed by atoms with van der Waals surface area (Å²) in [6.45, 7) is 2.45. The Morgan fingerprint density at radius 1 is 1.64 bits per heavy atom. The average molecular weight is 208 g/mol. The molecule has 0 radical (unpaired) electrons. The molecule has 1 rings (SSSR count). The van der Waals surface area contributed by atoms with E-state index in [4.69, 9.17) is 9.47 Å². The maximum atomic E-state index is 12.1. The molecule has 0 aliphatic carbocycles. The first-order valence-electron chi connectivity index (χ1n) is 4.69. The van der Waals surface area contributed by atoms with Crippen LogP contribution in [0, 0.1) is 5.92 Å². The Morgan fingerprint density at radius 3 is 2.71 bits per heavy atom. The summed E-state index contributed by atoms with van der Waals surface area (Å²) < 4.78 is 33.8. The number of hydrogen-bond acceptors (Lipinski definition) is 3. The lowest BCUT2D eigenvalue weighted by Gasteiger charge is -2.13. The van der Waals surface area contributed by atoms with Crippen molar-refractivity contribution >= 4 is 5.97 Å². The monoisotopic (exact) mass is 208 g/mol. The van der Waals surface area contributed by atoms with E-state index in [0.29, 0.717) is 13.0 Å². The Morgan fingerprint density at radius 2 is 2.29 bits per heavy atom. The first-order chi connectivity index (χ1) is 6.63. The van der Waals surface area contributed by atoms with Gasteiger partial charge in [-0.25, -0.2) is 8.78 Å². The van der Waals surface area contributed by atoms with Crippen LogP contribution in [-0.2, 0) is 14.3 Å². The lowest BCUT2D eigenvalue weighted by atomic mass is 10.00. The van der Waals surface area contributed by atoms with Gasteiger partial charge in [-0.05, 0) is 13.3 Å². The predicted molar refractivity (Wildman–Crippen MR) is 45.1 cm³/mol. The number of rotatable bonds is 6. The smallest absolute Gasteiger partial charge is 0.309 e. The first kappa shape index (κ1) is 11.4.